The van der Waals surface area contributed by atoms with Gasteiger partial charge in [-0.2, -0.15) is 0 Å². The molecule has 5 heteroatoms. The Morgan fingerprint density at radius 3 is 1.96 bits per heavy atom. The maximum Gasteiger partial charge on any atom is 0.299 e. The Bertz CT molecular complexity index is 945. The number of nitrogens with zero attached hydrogens (tertiary/aromatic N) is 1. The van der Waals surface area contributed by atoms with Crippen molar-refractivity contribution >= 4 is 33.3 Å². The van der Waals surface area contributed by atoms with Crippen molar-refractivity contribution in [2.75, 3.05) is 4.90 Å². The zero-order chi connectivity index (χ0) is 21.0. The minimum Gasteiger partial charge on any atom is -0.507 e. The van der Waals surface area contributed by atoms with E-state index in [-0.39, 0.29) is 17.4 Å². The molecule has 4 nitrogen and oxygen atoms in total. The van der Waals surface area contributed by atoms with Crippen molar-refractivity contribution in [1.82, 2.24) is 0 Å². The van der Waals surface area contributed by atoms with E-state index >= 15 is 0 Å². The molecule has 1 amide bonds. The lowest BCUT2D eigenvalue weighted by molar-refractivity contribution is -0.114. The Morgan fingerprint density at radius 2 is 1.46 bits per heavy atom. The zero-order valence-corrected chi connectivity index (χ0v) is 18.8. The molecular formula is C23H26BrNO3. The van der Waals surface area contributed by atoms with E-state index in [1.807, 2.05) is 18.2 Å². The third kappa shape index (κ3) is 3.60. The molecule has 0 atom stereocenters. The normalized spacial score (nSPS) is 14.6. The zero-order valence-electron chi connectivity index (χ0n) is 17.2. The van der Waals surface area contributed by atoms with E-state index in [4.69, 9.17) is 0 Å². The molecule has 1 aliphatic rings. The molecule has 1 heterocycles. The number of phenolic OH excluding ortho intramolecular Hbond substituents is 1. The van der Waals surface area contributed by atoms with Crippen molar-refractivity contribution in [3.63, 3.8) is 0 Å². The van der Waals surface area contributed by atoms with Gasteiger partial charge in [-0.15, -0.1) is 0 Å². The van der Waals surface area contributed by atoms with Crippen molar-refractivity contribution in [1.29, 1.82) is 0 Å². The SMILES string of the molecule is CC(C)(C)c1cc(CN2C(=O)C(=O)c3cc(Br)ccc32)cc(C(C)(C)C)c1O. The average Bonchev–Trinajstić information content (AvgIpc) is 2.79. The second kappa shape index (κ2) is 6.73. The van der Waals surface area contributed by atoms with E-state index in [1.54, 1.807) is 12.1 Å². The van der Waals surface area contributed by atoms with Crippen LogP contribution in [0.1, 0.15) is 68.6 Å². The number of benzene rings is 2. The number of aromatic hydroxyl groups is 1. The summed E-state index contributed by atoms with van der Waals surface area (Å²) < 4.78 is 0.768. The molecule has 0 unspecified atom stereocenters. The molecule has 1 aliphatic heterocycles. The number of halogens is 1. The second-order valence-corrected chi connectivity index (χ2v) is 10.3. The summed E-state index contributed by atoms with van der Waals surface area (Å²) in [5.74, 6) is -0.699. The van der Waals surface area contributed by atoms with Crippen LogP contribution in [0.4, 0.5) is 5.69 Å². The predicted octanol–water partition coefficient (Wildman–Crippen LogP) is 5.48. The number of carbonyl (C=O) groups is 2. The number of amides is 1. The van der Waals surface area contributed by atoms with Gasteiger partial charge in [0.25, 0.3) is 11.7 Å². The molecule has 3 rings (SSSR count). The summed E-state index contributed by atoms with van der Waals surface area (Å²) in [5, 5.41) is 10.9. The first-order chi connectivity index (χ1) is 12.8. The second-order valence-electron chi connectivity index (χ2n) is 9.42. The smallest absolute Gasteiger partial charge is 0.299 e. The van der Waals surface area contributed by atoms with Crippen molar-refractivity contribution < 1.29 is 14.7 Å². The van der Waals surface area contributed by atoms with Gasteiger partial charge in [0.15, 0.2) is 0 Å². The molecular weight excluding hydrogens is 418 g/mol. The number of phenols is 1. The Kier molecular flexibility index (Phi) is 4.95. The number of hydrogen-bond donors (Lipinski definition) is 1. The first kappa shape index (κ1) is 20.6. The van der Waals surface area contributed by atoms with Crippen molar-refractivity contribution in [2.24, 2.45) is 0 Å². The first-order valence-corrected chi connectivity index (χ1v) is 10.1. The molecule has 1 N–H and O–H groups in total. The van der Waals surface area contributed by atoms with Gasteiger partial charge in [0.05, 0.1) is 17.8 Å². The number of anilines is 1. The minimum atomic E-state index is -0.518. The van der Waals surface area contributed by atoms with Gasteiger partial charge in [0.2, 0.25) is 0 Å². The van der Waals surface area contributed by atoms with Crippen molar-refractivity contribution in [3.8, 4) is 5.75 Å². The fourth-order valence-electron chi connectivity index (χ4n) is 3.54. The van der Waals surface area contributed by atoms with Gasteiger partial charge in [-0.05, 0) is 57.9 Å². The van der Waals surface area contributed by atoms with E-state index < -0.39 is 11.7 Å². The molecule has 2 aromatic carbocycles. The average molecular weight is 444 g/mol. The van der Waals surface area contributed by atoms with Crippen LogP contribution in [-0.2, 0) is 22.2 Å². The van der Waals surface area contributed by atoms with Gasteiger partial charge in [0.1, 0.15) is 5.75 Å². The maximum atomic E-state index is 12.6. The van der Waals surface area contributed by atoms with Gasteiger partial charge >= 0.3 is 0 Å². The highest BCUT2D eigenvalue weighted by Gasteiger charge is 2.36. The van der Waals surface area contributed by atoms with E-state index in [0.717, 1.165) is 21.2 Å². The third-order valence-corrected chi connectivity index (χ3v) is 5.55. The van der Waals surface area contributed by atoms with E-state index in [2.05, 4.69) is 57.5 Å². The van der Waals surface area contributed by atoms with E-state index in [1.165, 1.54) is 4.90 Å². The Labute approximate surface area is 174 Å². The summed E-state index contributed by atoms with van der Waals surface area (Å²) in [6.07, 6.45) is 0. The maximum absolute atomic E-state index is 12.6. The molecule has 0 radical (unpaired) electrons. The summed E-state index contributed by atoms with van der Waals surface area (Å²) in [6, 6.07) is 9.19. The van der Waals surface area contributed by atoms with Gasteiger partial charge in [-0.25, -0.2) is 0 Å². The fourth-order valence-corrected chi connectivity index (χ4v) is 3.90. The van der Waals surface area contributed by atoms with Crippen molar-refractivity contribution in [3.05, 3.63) is 57.1 Å². The minimum absolute atomic E-state index is 0.256. The van der Waals surface area contributed by atoms with Crippen LogP contribution in [0.5, 0.6) is 5.75 Å². The molecule has 0 spiro atoms. The fraction of sp³-hybridized carbons (Fsp3) is 0.391. The summed E-state index contributed by atoms with van der Waals surface area (Å²) in [4.78, 5) is 26.5. The number of Topliss-reactive ketones (excluding diaryl/α,β-unsaturated/α-hetero) is 1. The van der Waals surface area contributed by atoms with Crippen LogP contribution in [0, 0.1) is 0 Å². The van der Waals surface area contributed by atoms with Gasteiger partial charge in [-0.3, -0.25) is 9.59 Å². The van der Waals surface area contributed by atoms with E-state index in [9.17, 15) is 14.7 Å². The number of ketones is 1. The summed E-state index contributed by atoms with van der Waals surface area (Å²) >= 11 is 3.36. The van der Waals surface area contributed by atoms with Crippen molar-refractivity contribution in [2.45, 2.75) is 58.9 Å². The Hall–Kier alpha value is -2.14. The first-order valence-electron chi connectivity index (χ1n) is 9.33. The summed E-state index contributed by atoms with van der Waals surface area (Å²) in [6.45, 7) is 12.6. The van der Waals surface area contributed by atoms with Gasteiger partial charge < -0.3 is 10.0 Å². The van der Waals surface area contributed by atoms with Crippen LogP contribution < -0.4 is 4.90 Å². The predicted molar refractivity (Wildman–Crippen MR) is 115 cm³/mol. The van der Waals surface area contributed by atoms with Crippen LogP contribution >= 0.6 is 15.9 Å². The Morgan fingerprint density at radius 1 is 0.929 bits per heavy atom. The monoisotopic (exact) mass is 443 g/mol. The topological polar surface area (TPSA) is 57.6 Å². The van der Waals surface area contributed by atoms with E-state index in [0.29, 0.717) is 17.0 Å². The number of rotatable bonds is 2. The summed E-state index contributed by atoms with van der Waals surface area (Å²) in [5.41, 5.74) is 3.10. The van der Waals surface area contributed by atoms with Gasteiger partial charge in [0, 0.05) is 4.47 Å². The lowest BCUT2D eigenvalue weighted by Crippen LogP contribution is -2.29. The largest absolute Gasteiger partial charge is 0.507 e. The van der Waals surface area contributed by atoms with Crippen LogP contribution in [-0.4, -0.2) is 16.8 Å². The highest BCUT2D eigenvalue weighted by Crippen LogP contribution is 2.41. The standard InChI is InChI=1S/C23H26BrNO3/c1-22(2,3)16-9-13(10-17(20(16)27)23(4,5)6)12-25-18-8-7-14(24)11-15(18)19(26)21(25)28/h7-11,27H,12H2,1-6H3. The van der Waals surface area contributed by atoms with Crippen LogP contribution in [0.2, 0.25) is 0 Å². The summed E-state index contributed by atoms with van der Waals surface area (Å²) in [7, 11) is 0. The number of hydrogen-bond acceptors (Lipinski definition) is 3. The highest BCUT2D eigenvalue weighted by molar-refractivity contribution is 9.10. The van der Waals surface area contributed by atoms with Crippen LogP contribution in [0.15, 0.2) is 34.8 Å². The third-order valence-electron chi connectivity index (χ3n) is 5.06. The number of carbonyl (C=O) groups excluding carboxylic acids is 2. The van der Waals surface area contributed by atoms with Crippen LogP contribution in [0.25, 0.3) is 0 Å². The lowest BCUT2D eigenvalue weighted by atomic mass is 9.78. The molecule has 0 aliphatic carbocycles. The highest BCUT2D eigenvalue weighted by atomic mass is 79.9. The number of fused-ring (bicyclic) bond motifs is 1. The molecule has 0 aromatic heterocycles. The molecule has 0 fully saturated rings. The van der Waals surface area contributed by atoms with Crippen LogP contribution in [0.3, 0.4) is 0 Å². The van der Waals surface area contributed by atoms with Gasteiger partial charge in [-0.1, -0.05) is 57.5 Å². The molecule has 2 aromatic rings. The Balaban J connectivity index is 2.11. The quantitative estimate of drug-likeness (QED) is 0.625. The molecule has 148 valence electrons. The lowest BCUT2D eigenvalue weighted by Gasteiger charge is -2.29. The molecule has 0 saturated carbocycles. The molecule has 0 saturated heterocycles. The molecule has 0 bridgehead atoms. The molecule has 28 heavy (non-hydrogen) atoms.